The van der Waals surface area contributed by atoms with E-state index >= 15 is 0 Å². The van der Waals surface area contributed by atoms with E-state index in [2.05, 4.69) is 6.08 Å². The van der Waals surface area contributed by atoms with Gasteiger partial charge in [-0.15, -0.1) is 11.6 Å². The fraction of sp³-hybridized carbons (Fsp3) is 0.667. The van der Waals surface area contributed by atoms with Crippen LogP contribution < -0.4 is 0 Å². The second kappa shape index (κ2) is 8.96. The summed E-state index contributed by atoms with van der Waals surface area (Å²) in [7, 11) is 0. The van der Waals surface area contributed by atoms with Crippen LogP contribution in [0.25, 0.3) is 0 Å². The van der Waals surface area contributed by atoms with E-state index < -0.39 is 0 Å². The summed E-state index contributed by atoms with van der Waals surface area (Å²) in [6.07, 6.45) is 12.4. The van der Waals surface area contributed by atoms with Crippen LogP contribution in [-0.4, -0.2) is 25.4 Å². The first-order valence-corrected chi connectivity index (χ1v) is 6.06. The fourth-order valence-corrected chi connectivity index (χ4v) is 1.53. The van der Waals surface area contributed by atoms with Crippen LogP contribution in [0, 0.1) is 0 Å². The number of allylic oxidation sites excluding steroid dienone is 3. The second-order valence-electron chi connectivity index (χ2n) is 3.46. The summed E-state index contributed by atoms with van der Waals surface area (Å²) in [6.45, 7) is 1.48. The molecule has 0 radical (unpaired) electrons. The maximum Gasteiger partial charge on any atom is 0.157 e. The second-order valence-corrected chi connectivity index (χ2v) is 3.77. The molecule has 1 unspecified atom stereocenters. The van der Waals surface area contributed by atoms with Gasteiger partial charge in [0.2, 0.25) is 0 Å². The van der Waals surface area contributed by atoms with Crippen molar-refractivity contribution < 1.29 is 9.47 Å². The third kappa shape index (κ3) is 6.72. The summed E-state index contributed by atoms with van der Waals surface area (Å²) in [5, 5.41) is 0. The predicted octanol–water partition coefficient (Wildman–Crippen LogP) is 3.27. The number of halogens is 1. The van der Waals surface area contributed by atoms with Gasteiger partial charge < -0.3 is 9.47 Å². The summed E-state index contributed by atoms with van der Waals surface area (Å²) in [5.41, 5.74) is 0. The molecule has 1 aliphatic heterocycles. The molecule has 0 aliphatic carbocycles. The van der Waals surface area contributed by atoms with Gasteiger partial charge in [-0.2, -0.15) is 0 Å². The van der Waals surface area contributed by atoms with E-state index in [4.69, 9.17) is 21.1 Å². The van der Waals surface area contributed by atoms with Gasteiger partial charge in [-0.25, -0.2) is 0 Å². The molecule has 2 nitrogen and oxygen atoms in total. The Bertz CT molecular complexity index is 196. The Morgan fingerprint density at radius 1 is 1.20 bits per heavy atom. The fourth-order valence-electron chi connectivity index (χ4n) is 1.41. The summed E-state index contributed by atoms with van der Waals surface area (Å²) < 4.78 is 11.0. The minimum absolute atomic E-state index is 0.0155. The van der Waals surface area contributed by atoms with Gasteiger partial charge in [-0.3, -0.25) is 0 Å². The molecule has 15 heavy (non-hydrogen) atoms. The summed E-state index contributed by atoms with van der Waals surface area (Å²) in [4.78, 5) is 0. The quantitative estimate of drug-likeness (QED) is 0.515. The normalized spacial score (nSPS) is 22.9. The molecule has 86 valence electrons. The highest BCUT2D eigenvalue weighted by Gasteiger charge is 2.12. The van der Waals surface area contributed by atoms with E-state index in [1.807, 2.05) is 18.2 Å². The van der Waals surface area contributed by atoms with Crippen molar-refractivity contribution in [1.82, 2.24) is 0 Å². The molecule has 0 saturated carbocycles. The number of hydrogen-bond donors (Lipinski definition) is 0. The number of ether oxygens (including phenoxy) is 2. The number of alkyl halides is 1. The van der Waals surface area contributed by atoms with Gasteiger partial charge in [0.15, 0.2) is 6.29 Å². The summed E-state index contributed by atoms with van der Waals surface area (Å²) in [6, 6.07) is 0. The van der Waals surface area contributed by atoms with Crippen LogP contribution in [0.2, 0.25) is 0 Å². The smallest absolute Gasteiger partial charge is 0.157 e. The van der Waals surface area contributed by atoms with Crippen LogP contribution in [0.4, 0.5) is 0 Å². The van der Waals surface area contributed by atoms with E-state index in [1.165, 1.54) is 12.8 Å². The Morgan fingerprint density at radius 2 is 2.07 bits per heavy atom. The van der Waals surface area contributed by atoms with Crippen molar-refractivity contribution in [3.8, 4) is 0 Å². The van der Waals surface area contributed by atoms with Crippen LogP contribution in [0.3, 0.4) is 0 Å². The standard InChI is InChI=1S/C12H19ClO2/c13-9-5-2-1-3-6-10-14-12-8-4-7-11-15-12/h2-3,5-6,12H,1,4,7-11H2. The molecule has 0 aromatic heterocycles. The minimum Gasteiger partial charge on any atom is -0.353 e. The van der Waals surface area contributed by atoms with E-state index in [1.54, 1.807) is 0 Å². The molecule has 0 spiro atoms. The predicted molar refractivity (Wildman–Crippen MR) is 63.2 cm³/mol. The van der Waals surface area contributed by atoms with Crippen molar-refractivity contribution in [1.29, 1.82) is 0 Å². The molecule has 1 saturated heterocycles. The monoisotopic (exact) mass is 230 g/mol. The lowest BCUT2D eigenvalue weighted by Crippen LogP contribution is -2.22. The van der Waals surface area contributed by atoms with Crippen LogP contribution >= 0.6 is 11.6 Å². The third-order valence-electron chi connectivity index (χ3n) is 2.21. The highest BCUT2D eigenvalue weighted by atomic mass is 35.5. The zero-order valence-electron chi connectivity index (χ0n) is 9.03. The Hall–Kier alpha value is -0.310. The average molecular weight is 231 g/mol. The van der Waals surface area contributed by atoms with Crippen molar-refractivity contribution in [2.24, 2.45) is 0 Å². The van der Waals surface area contributed by atoms with Crippen molar-refractivity contribution in [3.63, 3.8) is 0 Å². The molecule has 0 N–H and O–H groups in total. The molecule has 0 aromatic carbocycles. The van der Waals surface area contributed by atoms with E-state index in [0.717, 1.165) is 19.4 Å². The Balaban J connectivity index is 1.97. The largest absolute Gasteiger partial charge is 0.353 e. The van der Waals surface area contributed by atoms with E-state index in [0.29, 0.717) is 12.5 Å². The Labute approximate surface area is 96.9 Å². The number of hydrogen-bond acceptors (Lipinski definition) is 2. The highest BCUT2D eigenvalue weighted by Crippen LogP contribution is 2.13. The van der Waals surface area contributed by atoms with Gasteiger partial charge in [0.25, 0.3) is 0 Å². The van der Waals surface area contributed by atoms with Gasteiger partial charge in [-0.05, 0) is 25.7 Å². The molecular weight excluding hydrogens is 212 g/mol. The SMILES string of the molecule is ClCC=CCC=CCOC1CCCCO1. The van der Waals surface area contributed by atoms with Crippen molar-refractivity contribution >= 4 is 11.6 Å². The van der Waals surface area contributed by atoms with Crippen molar-refractivity contribution in [2.45, 2.75) is 32.0 Å². The average Bonchev–Trinajstić information content (AvgIpc) is 2.29. The summed E-state index contributed by atoms with van der Waals surface area (Å²) in [5.74, 6) is 0.584. The molecule has 1 aliphatic rings. The maximum atomic E-state index is 5.53. The van der Waals surface area contributed by atoms with Gasteiger partial charge in [-0.1, -0.05) is 24.3 Å². The lowest BCUT2D eigenvalue weighted by Gasteiger charge is -2.21. The van der Waals surface area contributed by atoms with Gasteiger partial charge in [0, 0.05) is 12.5 Å². The molecule has 1 heterocycles. The van der Waals surface area contributed by atoms with Gasteiger partial charge in [0.05, 0.1) is 6.61 Å². The molecule has 0 bridgehead atoms. The molecule has 1 atom stereocenters. The van der Waals surface area contributed by atoms with E-state index in [-0.39, 0.29) is 6.29 Å². The third-order valence-corrected chi connectivity index (χ3v) is 2.39. The molecule has 3 heteroatoms. The zero-order chi connectivity index (χ0) is 10.8. The Kier molecular flexibility index (Phi) is 7.62. The van der Waals surface area contributed by atoms with Crippen molar-refractivity contribution in [2.75, 3.05) is 19.1 Å². The lowest BCUT2D eigenvalue weighted by molar-refractivity contribution is -0.155. The topological polar surface area (TPSA) is 18.5 Å². The van der Waals surface area contributed by atoms with Gasteiger partial charge >= 0.3 is 0 Å². The number of rotatable bonds is 6. The molecule has 1 rings (SSSR count). The lowest BCUT2D eigenvalue weighted by atomic mass is 10.2. The van der Waals surface area contributed by atoms with Gasteiger partial charge in [0.1, 0.15) is 0 Å². The minimum atomic E-state index is 0.0155. The van der Waals surface area contributed by atoms with Crippen LogP contribution in [0.5, 0.6) is 0 Å². The van der Waals surface area contributed by atoms with Crippen LogP contribution in [0.15, 0.2) is 24.3 Å². The first kappa shape index (κ1) is 12.8. The van der Waals surface area contributed by atoms with Crippen LogP contribution in [-0.2, 0) is 9.47 Å². The molecule has 0 aromatic rings. The maximum absolute atomic E-state index is 5.53. The first-order chi connectivity index (χ1) is 7.43. The highest BCUT2D eigenvalue weighted by molar-refractivity contribution is 6.18. The molecule has 1 fully saturated rings. The molecule has 0 amide bonds. The first-order valence-electron chi connectivity index (χ1n) is 5.52. The molecular formula is C12H19ClO2. The summed E-state index contributed by atoms with van der Waals surface area (Å²) >= 11 is 5.49. The van der Waals surface area contributed by atoms with E-state index in [9.17, 15) is 0 Å². The van der Waals surface area contributed by atoms with Crippen LogP contribution in [0.1, 0.15) is 25.7 Å². The zero-order valence-corrected chi connectivity index (χ0v) is 9.79. The van der Waals surface area contributed by atoms with Crippen molar-refractivity contribution in [3.05, 3.63) is 24.3 Å². The Morgan fingerprint density at radius 3 is 2.80 bits per heavy atom.